The highest BCUT2D eigenvalue weighted by Gasteiger charge is 2.10. The Morgan fingerprint density at radius 1 is 1.91 bits per heavy atom. The molecule has 0 saturated heterocycles. The quantitative estimate of drug-likeness (QED) is 0.464. The smallest absolute Gasteiger partial charge is 0.308 e. The van der Waals surface area contributed by atoms with Crippen molar-refractivity contribution in [1.29, 1.82) is 0 Å². The lowest BCUT2D eigenvalue weighted by Crippen LogP contribution is -2.14. The second-order valence-corrected chi connectivity index (χ2v) is 1.99. The number of carbonyl (C=O) groups excluding carboxylic acids is 1. The van der Waals surface area contributed by atoms with Gasteiger partial charge in [-0.05, 0) is 12.8 Å². The molecule has 0 aliphatic rings. The molecule has 0 aromatic carbocycles. The largest absolute Gasteiger partial charge is 0.465 e. The summed E-state index contributed by atoms with van der Waals surface area (Å²) < 4.78 is 69.9. The molecule has 66 valence electrons. The van der Waals surface area contributed by atoms with Gasteiger partial charge in [-0.1, -0.05) is 27.0 Å². The first-order valence-corrected chi connectivity index (χ1v) is 3.40. The van der Waals surface area contributed by atoms with E-state index in [9.17, 15) is 4.79 Å². The molecule has 0 saturated carbocycles. The third kappa shape index (κ3) is 4.82. The van der Waals surface area contributed by atoms with Gasteiger partial charge >= 0.3 is 5.97 Å². The lowest BCUT2D eigenvalue weighted by Gasteiger charge is -2.07. The number of rotatable bonds is 5. The summed E-state index contributed by atoms with van der Waals surface area (Å²) in [5.41, 5.74) is 0. The van der Waals surface area contributed by atoms with Crippen molar-refractivity contribution in [2.75, 3.05) is 6.61 Å². The standard InChI is InChI=1S/C9H18O2/c1-4-6-7-11-9(10)8(3)5-2/h8H,4-7H2,1-3H3/i2D3,3D3,5D2,8D. The van der Waals surface area contributed by atoms with Gasteiger partial charge in [0.1, 0.15) is 0 Å². The van der Waals surface area contributed by atoms with Gasteiger partial charge in [0, 0.05) is 12.3 Å². The average molecular weight is 167 g/mol. The fraction of sp³-hybridized carbons (Fsp3) is 0.889. The second-order valence-electron chi connectivity index (χ2n) is 1.99. The number of hydrogen-bond donors (Lipinski definition) is 0. The van der Waals surface area contributed by atoms with Crippen molar-refractivity contribution in [3.8, 4) is 0 Å². The van der Waals surface area contributed by atoms with Crippen molar-refractivity contribution in [2.24, 2.45) is 5.89 Å². The van der Waals surface area contributed by atoms with Gasteiger partial charge in [0.25, 0.3) is 0 Å². The van der Waals surface area contributed by atoms with Gasteiger partial charge in [0.15, 0.2) is 0 Å². The van der Waals surface area contributed by atoms with Gasteiger partial charge in [0.2, 0.25) is 0 Å². The lowest BCUT2D eigenvalue weighted by molar-refractivity contribution is -0.148. The van der Waals surface area contributed by atoms with E-state index in [1.807, 2.05) is 0 Å². The van der Waals surface area contributed by atoms with E-state index >= 15 is 0 Å². The molecule has 0 aliphatic carbocycles. The van der Waals surface area contributed by atoms with Crippen molar-refractivity contribution in [3.05, 3.63) is 0 Å². The molecule has 2 heteroatoms. The maximum Gasteiger partial charge on any atom is 0.308 e. The Labute approximate surface area is 81.6 Å². The molecule has 0 N–H and O–H groups in total. The minimum Gasteiger partial charge on any atom is -0.465 e. The first kappa shape index (κ1) is 2.75. The van der Waals surface area contributed by atoms with Gasteiger partial charge in [0.05, 0.1) is 12.5 Å². The summed E-state index contributed by atoms with van der Waals surface area (Å²) in [5, 5.41) is 0. The van der Waals surface area contributed by atoms with Crippen LogP contribution in [-0.2, 0) is 9.53 Å². The molecule has 0 aromatic heterocycles. The van der Waals surface area contributed by atoms with Crippen LogP contribution >= 0.6 is 0 Å². The third-order valence-electron chi connectivity index (χ3n) is 1.06. The van der Waals surface area contributed by atoms with Crippen LogP contribution in [0.1, 0.15) is 52.2 Å². The minimum absolute atomic E-state index is 0.191. The molecule has 0 fully saturated rings. The highest BCUT2D eigenvalue weighted by Crippen LogP contribution is 2.03. The predicted octanol–water partition coefficient (Wildman–Crippen LogP) is 2.38. The van der Waals surface area contributed by atoms with Crippen molar-refractivity contribution in [3.63, 3.8) is 0 Å². The maximum absolute atomic E-state index is 11.8. The first-order valence-electron chi connectivity index (χ1n) is 7.90. The summed E-state index contributed by atoms with van der Waals surface area (Å²) in [7, 11) is 0. The molecular formula is C9H18O2. The van der Waals surface area contributed by atoms with Gasteiger partial charge in [-0.15, -0.1) is 0 Å². The van der Waals surface area contributed by atoms with Crippen LogP contribution in [0.3, 0.4) is 0 Å². The highest BCUT2D eigenvalue weighted by molar-refractivity contribution is 5.71. The predicted molar refractivity (Wildman–Crippen MR) is 45.3 cm³/mol. The zero-order valence-electron chi connectivity index (χ0n) is 15.4. The molecule has 0 bridgehead atoms. The fourth-order valence-electron chi connectivity index (χ4n) is 0.432. The van der Waals surface area contributed by atoms with Crippen molar-refractivity contribution >= 4 is 5.97 Å². The molecule has 2 nitrogen and oxygen atoms in total. The van der Waals surface area contributed by atoms with E-state index < -0.39 is 31.9 Å². The second kappa shape index (κ2) is 6.20. The molecule has 0 aliphatic heterocycles. The summed E-state index contributed by atoms with van der Waals surface area (Å²) in [6, 6.07) is 0. The molecule has 1 atom stereocenters. The monoisotopic (exact) mass is 167 g/mol. The van der Waals surface area contributed by atoms with E-state index in [1.165, 1.54) is 0 Å². The Bertz CT molecular complexity index is 346. The zero-order chi connectivity index (χ0) is 16.4. The van der Waals surface area contributed by atoms with E-state index in [4.69, 9.17) is 12.3 Å². The molecule has 1 unspecified atom stereocenters. The molecule has 0 aromatic rings. The van der Waals surface area contributed by atoms with Crippen LogP contribution in [0.5, 0.6) is 0 Å². The normalized spacial score (nSPS) is 31.2. The molecular weight excluding hydrogens is 140 g/mol. The molecule has 0 heterocycles. The molecule has 11 heavy (non-hydrogen) atoms. The maximum atomic E-state index is 11.8. The van der Waals surface area contributed by atoms with E-state index in [0.29, 0.717) is 12.8 Å². The van der Waals surface area contributed by atoms with Gasteiger partial charge in [-0.2, -0.15) is 0 Å². The Morgan fingerprint density at radius 2 is 2.73 bits per heavy atom. The van der Waals surface area contributed by atoms with Crippen molar-refractivity contribution < 1.29 is 21.9 Å². The topological polar surface area (TPSA) is 26.3 Å². The van der Waals surface area contributed by atoms with Gasteiger partial charge < -0.3 is 4.74 Å². The van der Waals surface area contributed by atoms with Crippen LogP contribution in [0, 0.1) is 5.89 Å². The number of esters is 1. The van der Waals surface area contributed by atoms with Crippen LogP contribution in [0.25, 0.3) is 0 Å². The summed E-state index contributed by atoms with van der Waals surface area (Å²) in [5.74, 6) is -5.20. The van der Waals surface area contributed by atoms with Crippen LogP contribution in [0.2, 0.25) is 0 Å². The average Bonchev–Trinajstić information content (AvgIpc) is 2.24. The first-order chi connectivity index (χ1) is 8.73. The summed E-state index contributed by atoms with van der Waals surface area (Å²) in [6.07, 6.45) is -2.54. The van der Waals surface area contributed by atoms with E-state index in [2.05, 4.69) is 4.74 Å². The summed E-state index contributed by atoms with van der Waals surface area (Å²) in [6.45, 7) is -5.34. The Morgan fingerprint density at radius 3 is 3.27 bits per heavy atom. The SMILES string of the molecule is [2H]C([2H])([2H])C([2H])([2H])C([2H])(C(=O)OCCCC)C([2H])([2H])[2H]. The van der Waals surface area contributed by atoms with Crippen LogP contribution in [-0.4, -0.2) is 12.6 Å². The Balaban J connectivity index is 5.61. The van der Waals surface area contributed by atoms with Crippen LogP contribution in [0.15, 0.2) is 0 Å². The molecule has 0 amide bonds. The third-order valence-corrected chi connectivity index (χ3v) is 1.06. The Hall–Kier alpha value is -0.530. The van der Waals surface area contributed by atoms with E-state index in [-0.39, 0.29) is 6.61 Å². The van der Waals surface area contributed by atoms with E-state index in [0.717, 1.165) is 0 Å². The molecule has 0 rings (SSSR count). The summed E-state index contributed by atoms with van der Waals surface area (Å²) in [4.78, 5) is 11.8. The highest BCUT2D eigenvalue weighted by atomic mass is 16.5. The Kier molecular flexibility index (Phi) is 1.55. The van der Waals surface area contributed by atoms with Crippen LogP contribution in [0.4, 0.5) is 0 Å². The molecule has 0 radical (unpaired) electrons. The van der Waals surface area contributed by atoms with Gasteiger partial charge in [-0.25, -0.2) is 0 Å². The number of unbranched alkanes of at least 4 members (excludes halogenated alkanes) is 1. The lowest BCUT2D eigenvalue weighted by atomic mass is 10.1. The van der Waals surface area contributed by atoms with E-state index in [1.54, 1.807) is 6.92 Å². The number of hydrogen-bond acceptors (Lipinski definition) is 2. The zero-order valence-corrected chi connectivity index (χ0v) is 6.44. The van der Waals surface area contributed by atoms with Gasteiger partial charge in [-0.3, -0.25) is 4.79 Å². The van der Waals surface area contributed by atoms with Crippen molar-refractivity contribution in [2.45, 2.75) is 39.8 Å². The number of carbonyl (C=O) groups is 1. The molecule has 0 spiro atoms. The van der Waals surface area contributed by atoms with Crippen LogP contribution < -0.4 is 0 Å². The van der Waals surface area contributed by atoms with Crippen molar-refractivity contribution in [1.82, 2.24) is 0 Å². The summed E-state index contributed by atoms with van der Waals surface area (Å²) >= 11 is 0. The number of ether oxygens (including phenoxy) is 1. The fourth-order valence-corrected chi connectivity index (χ4v) is 0.432. The minimum atomic E-state index is -3.57.